The standard InChI is InChI=1S/C15H17NO/c1-10-7-8-13(9-12(10)3)17-14-6-4-5-11(2)15(14)16/h4-9H,16H2,1-3H3. The Hall–Kier alpha value is -1.96. The van der Waals surface area contributed by atoms with Crippen molar-refractivity contribution in [3.05, 3.63) is 53.1 Å². The van der Waals surface area contributed by atoms with E-state index in [-0.39, 0.29) is 0 Å². The number of ether oxygens (including phenoxy) is 1. The number of nitrogens with two attached hydrogens (primary N) is 1. The Morgan fingerprint density at radius 3 is 2.35 bits per heavy atom. The van der Waals surface area contributed by atoms with Crippen LogP contribution in [0.15, 0.2) is 36.4 Å². The summed E-state index contributed by atoms with van der Waals surface area (Å²) in [5.74, 6) is 1.54. The van der Waals surface area contributed by atoms with Crippen LogP contribution < -0.4 is 10.5 Å². The maximum atomic E-state index is 5.97. The van der Waals surface area contributed by atoms with Crippen LogP contribution in [0.25, 0.3) is 0 Å². The molecule has 0 amide bonds. The van der Waals surface area contributed by atoms with Crippen LogP contribution >= 0.6 is 0 Å². The van der Waals surface area contributed by atoms with Crippen molar-refractivity contribution < 1.29 is 4.74 Å². The van der Waals surface area contributed by atoms with Crippen molar-refractivity contribution in [1.29, 1.82) is 0 Å². The highest BCUT2D eigenvalue weighted by Gasteiger charge is 2.04. The molecule has 0 spiro atoms. The van der Waals surface area contributed by atoms with Gasteiger partial charge in [0.1, 0.15) is 5.75 Å². The Labute approximate surface area is 102 Å². The Morgan fingerprint density at radius 2 is 1.65 bits per heavy atom. The summed E-state index contributed by atoms with van der Waals surface area (Å²) in [7, 11) is 0. The van der Waals surface area contributed by atoms with E-state index in [2.05, 4.69) is 19.9 Å². The molecular formula is C15H17NO. The van der Waals surface area contributed by atoms with Gasteiger partial charge >= 0.3 is 0 Å². The molecule has 2 N–H and O–H groups in total. The lowest BCUT2D eigenvalue weighted by atomic mass is 10.1. The van der Waals surface area contributed by atoms with Crippen molar-refractivity contribution in [3.8, 4) is 11.5 Å². The molecule has 0 aliphatic rings. The smallest absolute Gasteiger partial charge is 0.150 e. The molecule has 0 saturated carbocycles. The fourth-order valence-electron chi connectivity index (χ4n) is 1.65. The summed E-state index contributed by atoms with van der Waals surface area (Å²) in [6, 6.07) is 11.8. The summed E-state index contributed by atoms with van der Waals surface area (Å²) in [6.07, 6.45) is 0. The number of rotatable bonds is 2. The van der Waals surface area contributed by atoms with Crippen LogP contribution in [0.4, 0.5) is 5.69 Å². The molecule has 0 aliphatic heterocycles. The third kappa shape index (κ3) is 2.41. The first-order valence-corrected chi connectivity index (χ1v) is 5.68. The van der Waals surface area contributed by atoms with E-state index in [1.807, 2.05) is 37.3 Å². The molecule has 17 heavy (non-hydrogen) atoms. The zero-order valence-corrected chi connectivity index (χ0v) is 10.4. The minimum atomic E-state index is 0.700. The lowest BCUT2D eigenvalue weighted by Crippen LogP contribution is -1.95. The van der Waals surface area contributed by atoms with Crippen molar-refractivity contribution in [2.75, 3.05) is 5.73 Å². The predicted octanol–water partition coefficient (Wildman–Crippen LogP) is 3.99. The molecule has 0 atom stereocenters. The van der Waals surface area contributed by atoms with Gasteiger partial charge in [0.2, 0.25) is 0 Å². The number of benzene rings is 2. The van der Waals surface area contributed by atoms with Gasteiger partial charge in [-0.05, 0) is 55.7 Å². The molecule has 2 heteroatoms. The van der Waals surface area contributed by atoms with E-state index >= 15 is 0 Å². The van der Waals surface area contributed by atoms with E-state index in [0.717, 1.165) is 11.3 Å². The summed E-state index contributed by atoms with van der Waals surface area (Å²) < 4.78 is 5.80. The Balaban J connectivity index is 2.31. The van der Waals surface area contributed by atoms with Crippen molar-refractivity contribution in [2.24, 2.45) is 0 Å². The zero-order valence-electron chi connectivity index (χ0n) is 10.4. The number of hydrogen-bond donors (Lipinski definition) is 1. The van der Waals surface area contributed by atoms with Crippen LogP contribution in [0.2, 0.25) is 0 Å². The van der Waals surface area contributed by atoms with Crippen LogP contribution in [-0.2, 0) is 0 Å². The van der Waals surface area contributed by atoms with E-state index in [1.54, 1.807) is 0 Å². The molecule has 0 fully saturated rings. The van der Waals surface area contributed by atoms with E-state index in [4.69, 9.17) is 10.5 Å². The van der Waals surface area contributed by atoms with E-state index < -0.39 is 0 Å². The number of hydrogen-bond acceptors (Lipinski definition) is 2. The van der Waals surface area contributed by atoms with Crippen molar-refractivity contribution in [3.63, 3.8) is 0 Å². The topological polar surface area (TPSA) is 35.2 Å². The largest absolute Gasteiger partial charge is 0.455 e. The highest BCUT2D eigenvalue weighted by atomic mass is 16.5. The fourth-order valence-corrected chi connectivity index (χ4v) is 1.65. The molecule has 2 aromatic carbocycles. The van der Waals surface area contributed by atoms with Crippen LogP contribution in [0, 0.1) is 20.8 Å². The minimum absolute atomic E-state index is 0.700. The molecule has 2 aromatic rings. The molecule has 0 aliphatic carbocycles. The van der Waals surface area contributed by atoms with Gasteiger partial charge in [-0.25, -0.2) is 0 Å². The highest BCUT2D eigenvalue weighted by Crippen LogP contribution is 2.30. The summed E-state index contributed by atoms with van der Waals surface area (Å²) >= 11 is 0. The number of nitrogen functional groups attached to an aromatic ring is 1. The van der Waals surface area contributed by atoms with Crippen molar-refractivity contribution in [1.82, 2.24) is 0 Å². The molecule has 2 nitrogen and oxygen atoms in total. The average molecular weight is 227 g/mol. The number of anilines is 1. The monoisotopic (exact) mass is 227 g/mol. The Kier molecular flexibility index (Phi) is 3.05. The molecule has 2 rings (SSSR count). The fraction of sp³-hybridized carbons (Fsp3) is 0.200. The van der Waals surface area contributed by atoms with E-state index in [1.165, 1.54) is 11.1 Å². The van der Waals surface area contributed by atoms with Crippen LogP contribution in [0.1, 0.15) is 16.7 Å². The molecular weight excluding hydrogens is 210 g/mol. The predicted molar refractivity (Wildman–Crippen MR) is 71.6 cm³/mol. The summed E-state index contributed by atoms with van der Waals surface area (Å²) in [4.78, 5) is 0. The van der Waals surface area contributed by atoms with Gasteiger partial charge < -0.3 is 10.5 Å². The average Bonchev–Trinajstić information content (AvgIpc) is 2.30. The number of para-hydroxylation sites is 1. The van der Waals surface area contributed by atoms with Crippen molar-refractivity contribution >= 4 is 5.69 Å². The number of aryl methyl sites for hydroxylation is 3. The van der Waals surface area contributed by atoms with Gasteiger partial charge in [0.15, 0.2) is 5.75 Å². The third-order valence-electron chi connectivity index (χ3n) is 2.99. The van der Waals surface area contributed by atoms with E-state index in [9.17, 15) is 0 Å². The molecule has 0 aromatic heterocycles. The van der Waals surface area contributed by atoms with Gasteiger partial charge in [-0.2, -0.15) is 0 Å². The Bertz CT molecular complexity index is 547. The second kappa shape index (κ2) is 4.50. The van der Waals surface area contributed by atoms with Gasteiger partial charge in [-0.15, -0.1) is 0 Å². The summed E-state index contributed by atoms with van der Waals surface area (Å²) in [5, 5.41) is 0. The first-order chi connectivity index (χ1) is 8.08. The second-order valence-corrected chi connectivity index (χ2v) is 4.33. The molecule has 0 bridgehead atoms. The maximum absolute atomic E-state index is 5.97. The third-order valence-corrected chi connectivity index (χ3v) is 2.99. The normalized spacial score (nSPS) is 10.3. The first-order valence-electron chi connectivity index (χ1n) is 5.68. The first kappa shape index (κ1) is 11.5. The molecule has 0 unspecified atom stereocenters. The molecule has 0 saturated heterocycles. The molecule has 0 radical (unpaired) electrons. The minimum Gasteiger partial charge on any atom is -0.455 e. The zero-order chi connectivity index (χ0) is 12.4. The SMILES string of the molecule is Cc1ccc(Oc2cccc(C)c2N)cc1C. The Morgan fingerprint density at radius 1 is 0.882 bits per heavy atom. The highest BCUT2D eigenvalue weighted by molar-refractivity contribution is 5.59. The second-order valence-electron chi connectivity index (χ2n) is 4.33. The van der Waals surface area contributed by atoms with Gasteiger partial charge in [0.05, 0.1) is 5.69 Å². The van der Waals surface area contributed by atoms with E-state index in [0.29, 0.717) is 11.4 Å². The van der Waals surface area contributed by atoms with Crippen molar-refractivity contribution in [2.45, 2.75) is 20.8 Å². The van der Waals surface area contributed by atoms with Gasteiger partial charge in [-0.1, -0.05) is 18.2 Å². The summed E-state index contributed by atoms with van der Waals surface area (Å²) in [5.41, 5.74) is 10.2. The van der Waals surface area contributed by atoms with Gasteiger partial charge in [0.25, 0.3) is 0 Å². The lowest BCUT2D eigenvalue weighted by molar-refractivity contribution is 0.484. The summed E-state index contributed by atoms with van der Waals surface area (Å²) in [6.45, 7) is 6.13. The van der Waals surface area contributed by atoms with Gasteiger partial charge in [0, 0.05) is 0 Å². The van der Waals surface area contributed by atoms with Crippen LogP contribution in [-0.4, -0.2) is 0 Å². The quantitative estimate of drug-likeness (QED) is 0.787. The van der Waals surface area contributed by atoms with Crippen LogP contribution in [0.3, 0.4) is 0 Å². The van der Waals surface area contributed by atoms with Gasteiger partial charge in [-0.3, -0.25) is 0 Å². The lowest BCUT2D eigenvalue weighted by Gasteiger charge is -2.11. The van der Waals surface area contributed by atoms with Crippen LogP contribution in [0.5, 0.6) is 11.5 Å². The maximum Gasteiger partial charge on any atom is 0.150 e. The molecule has 0 heterocycles. The molecule has 88 valence electrons.